The van der Waals surface area contributed by atoms with Crippen molar-refractivity contribution in [2.75, 3.05) is 0 Å². The second kappa shape index (κ2) is 5.91. The van der Waals surface area contributed by atoms with Gasteiger partial charge >= 0.3 is 5.97 Å². The van der Waals surface area contributed by atoms with Gasteiger partial charge in [-0.2, -0.15) is 0 Å². The highest BCUT2D eigenvalue weighted by molar-refractivity contribution is 5.92. The molecule has 0 saturated heterocycles. The quantitative estimate of drug-likeness (QED) is 0.830. The number of carbonyl (C=O) groups is 2. The average molecular weight is 267 g/mol. The first kappa shape index (κ1) is 15.3. The van der Waals surface area contributed by atoms with Gasteiger partial charge in [-0.3, -0.25) is 9.59 Å². The fraction of sp³-hybridized carbons (Fsp3) is 0.571. The van der Waals surface area contributed by atoms with E-state index < -0.39 is 11.5 Å². The summed E-state index contributed by atoms with van der Waals surface area (Å²) < 4.78 is 5.47. The van der Waals surface area contributed by atoms with E-state index in [1.165, 1.54) is 0 Å². The van der Waals surface area contributed by atoms with E-state index in [1.807, 2.05) is 13.8 Å². The minimum absolute atomic E-state index is 0.0185. The molecule has 0 radical (unpaired) electrons. The van der Waals surface area contributed by atoms with Crippen molar-refractivity contribution in [1.29, 1.82) is 0 Å². The fourth-order valence-corrected chi connectivity index (χ4v) is 1.83. The maximum Gasteiger partial charge on any atom is 0.303 e. The van der Waals surface area contributed by atoms with Crippen molar-refractivity contribution in [2.24, 2.45) is 0 Å². The smallest absolute Gasteiger partial charge is 0.303 e. The lowest BCUT2D eigenvalue weighted by molar-refractivity contribution is -0.137. The third-order valence-electron chi connectivity index (χ3n) is 2.98. The fourth-order valence-electron chi connectivity index (χ4n) is 1.83. The van der Waals surface area contributed by atoms with Crippen LogP contribution in [0.5, 0.6) is 0 Å². The summed E-state index contributed by atoms with van der Waals surface area (Å²) in [5.41, 5.74) is 0.374. The van der Waals surface area contributed by atoms with Crippen LogP contribution in [0.1, 0.15) is 55.5 Å². The predicted octanol–water partition coefficient (Wildman–Crippen LogP) is 2.52. The van der Waals surface area contributed by atoms with Gasteiger partial charge in [0.15, 0.2) is 5.76 Å². The minimum Gasteiger partial charge on any atom is -0.481 e. The largest absolute Gasteiger partial charge is 0.481 e. The van der Waals surface area contributed by atoms with Crippen molar-refractivity contribution in [3.8, 4) is 0 Å². The van der Waals surface area contributed by atoms with Crippen LogP contribution in [-0.4, -0.2) is 22.5 Å². The van der Waals surface area contributed by atoms with E-state index >= 15 is 0 Å². The Morgan fingerprint density at radius 3 is 2.53 bits per heavy atom. The van der Waals surface area contributed by atoms with Crippen LogP contribution >= 0.6 is 0 Å². The number of amides is 1. The summed E-state index contributed by atoms with van der Waals surface area (Å²) in [6.45, 7) is 7.45. The number of carboxylic acid groups (broad SMARTS) is 1. The van der Waals surface area contributed by atoms with Crippen molar-refractivity contribution < 1.29 is 19.1 Å². The number of carboxylic acids is 1. The van der Waals surface area contributed by atoms with Crippen molar-refractivity contribution in [3.63, 3.8) is 0 Å². The molecule has 0 spiro atoms. The van der Waals surface area contributed by atoms with Crippen LogP contribution in [0.2, 0.25) is 0 Å². The molecule has 0 atom stereocenters. The summed E-state index contributed by atoms with van der Waals surface area (Å²) in [6, 6.07) is 1.71. The molecule has 0 saturated carbocycles. The van der Waals surface area contributed by atoms with E-state index in [2.05, 4.69) is 5.32 Å². The van der Waals surface area contributed by atoms with Crippen LogP contribution in [0.15, 0.2) is 10.5 Å². The molecule has 1 rings (SSSR count). The molecule has 5 nitrogen and oxygen atoms in total. The minimum atomic E-state index is -0.871. The van der Waals surface area contributed by atoms with Crippen molar-refractivity contribution in [2.45, 2.75) is 52.5 Å². The Hall–Kier alpha value is -1.78. The lowest BCUT2D eigenvalue weighted by atomic mass is 9.98. The summed E-state index contributed by atoms with van der Waals surface area (Å²) in [7, 11) is 0. The molecule has 1 heterocycles. The molecule has 0 aliphatic rings. The van der Waals surface area contributed by atoms with Gasteiger partial charge in [0, 0.05) is 18.4 Å². The molecule has 2 N–H and O–H groups in total. The monoisotopic (exact) mass is 267 g/mol. The summed E-state index contributed by atoms with van der Waals surface area (Å²) in [5, 5.41) is 11.5. The third kappa shape index (κ3) is 4.43. The normalized spacial score (nSPS) is 11.4. The third-order valence-corrected chi connectivity index (χ3v) is 2.98. The lowest BCUT2D eigenvalue weighted by Gasteiger charge is -2.24. The van der Waals surface area contributed by atoms with Gasteiger partial charge in [0.1, 0.15) is 5.76 Å². The highest BCUT2D eigenvalue weighted by atomic mass is 16.4. The Morgan fingerprint density at radius 1 is 1.42 bits per heavy atom. The molecule has 1 aromatic rings. The van der Waals surface area contributed by atoms with Crippen LogP contribution in [0.3, 0.4) is 0 Å². The van der Waals surface area contributed by atoms with E-state index in [0.717, 1.165) is 17.7 Å². The average Bonchev–Trinajstić information content (AvgIpc) is 2.68. The molecule has 0 bridgehead atoms. The van der Waals surface area contributed by atoms with Crippen molar-refractivity contribution in [3.05, 3.63) is 23.2 Å². The van der Waals surface area contributed by atoms with Gasteiger partial charge in [0.2, 0.25) is 0 Å². The van der Waals surface area contributed by atoms with Gasteiger partial charge in [-0.25, -0.2) is 0 Å². The standard InChI is InChI=1S/C14H21NO4/c1-5-10-9(2)8-11(19-10)13(18)15-14(3,4)7-6-12(16)17/h8H,5-7H2,1-4H3,(H,15,18)(H,16,17). The Kier molecular flexibility index (Phi) is 4.75. The maximum absolute atomic E-state index is 12.0. The molecule has 1 amide bonds. The van der Waals surface area contributed by atoms with Crippen LogP contribution < -0.4 is 5.32 Å². The number of nitrogens with one attached hydrogen (secondary N) is 1. The van der Waals surface area contributed by atoms with Gasteiger partial charge in [-0.05, 0) is 38.8 Å². The molecule has 0 aliphatic heterocycles. The van der Waals surface area contributed by atoms with Crippen LogP contribution in [0.25, 0.3) is 0 Å². The molecular formula is C14H21NO4. The van der Waals surface area contributed by atoms with E-state index in [0.29, 0.717) is 6.42 Å². The first-order valence-corrected chi connectivity index (χ1v) is 6.39. The summed E-state index contributed by atoms with van der Waals surface area (Å²) >= 11 is 0. The highest BCUT2D eigenvalue weighted by Gasteiger charge is 2.24. The number of aliphatic carboxylic acids is 1. The second-order valence-electron chi connectivity index (χ2n) is 5.30. The Balaban J connectivity index is 2.69. The summed E-state index contributed by atoms with van der Waals surface area (Å²) in [6.07, 6.45) is 1.13. The van der Waals surface area contributed by atoms with Gasteiger partial charge < -0.3 is 14.8 Å². The van der Waals surface area contributed by atoms with E-state index in [4.69, 9.17) is 9.52 Å². The van der Waals surface area contributed by atoms with Crippen LogP contribution in [0, 0.1) is 6.92 Å². The number of aryl methyl sites for hydroxylation is 2. The Bertz CT molecular complexity index is 474. The van der Waals surface area contributed by atoms with E-state index in [1.54, 1.807) is 19.9 Å². The van der Waals surface area contributed by atoms with E-state index in [9.17, 15) is 9.59 Å². The topological polar surface area (TPSA) is 79.5 Å². The number of hydrogen-bond donors (Lipinski definition) is 2. The number of carbonyl (C=O) groups excluding carboxylic acids is 1. The summed E-state index contributed by atoms with van der Waals surface area (Å²) in [5.74, 6) is -0.103. The van der Waals surface area contributed by atoms with Crippen molar-refractivity contribution in [1.82, 2.24) is 5.32 Å². The van der Waals surface area contributed by atoms with Crippen molar-refractivity contribution >= 4 is 11.9 Å². The van der Waals surface area contributed by atoms with Gasteiger partial charge in [0.25, 0.3) is 5.91 Å². The van der Waals surface area contributed by atoms with Gasteiger partial charge in [0.05, 0.1) is 0 Å². The predicted molar refractivity (Wildman–Crippen MR) is 71.2 cm³/mol. The molecule has 106 valence electrons. The molecule has 1 aromatic heterocycles. The Labute approximate surface area is 113 Å². The maximum atomic E-state index is 12.0. The zero-order chi connectivity index (χ0) is 14.6. The second-order valence-corrected chi connectivity index (χ2v) is 5.30. The van der Waals surface area contributed by atoms with Gasteiger partial charge in [-0.15, -0.1) is 0 Å². The SMILES string of the molecule is CCc1oc(C(=O)NC(C)(C)CCC(=O)O)cc1C. The lowest BCUT2D eigenvalue weighted by Crippen LogP contribution is -2.43. The van der Waals surface area contributed by atoms with E-state index in [-0.39, 0.29) is 18.1 Å². The molecule has 19 heavy (non-hydrogen) atoms. The molecule has 0 aromatic carbocycles. The molecule has 0 unspecified atom stereocenters. The molecule has 5 heteroatoms. The number of hydrogen-bond acceptors (Lipinski definition) is 3. The summed E-state index contributed by atoms with van der Waals surface area (Å²) in [4.78, 5) is 22.6. The zero-order valence-electron chi connectivity index (χ0n) is 11.9. The van der Waals surface area contributed by atoms with Gasteiger partial charge in [-0.1, -0.05) is 6.92 Å². The van der Waals surface area contributed by atoms with Crippen LogP contribution in [0.4, 0.5) is 0 Å². The highest BCUT2D eigenvalue weighted by Crippen LogP contribution is 2.17. The first-order valence-electron chi connectivity index (χ1n) is 6.39. The first-order chi connectivity index (χ1) is 8.75. The number of furan rings is 1. The molecule has 0 fully saturated rings. The van der Waals surface area contributed by atoms with Crippen LogP contribution in [-0.2, 0) is 11.2 Å². The Morgan fingerprint density at radius 2 is 2.05 bits per heavy atom. The molecule has 0 aliphatic carbocycles. The zero-order valence-corrected chi connectivity index (χ0v) is 11.9. The number of rotatable bonds is 6. The molecular weight excluding hydrogens is 246 g/mol.